The predicted molar refractivity (Wildman–Crippen MR) is 130 cm³/mol. The van der Waals surface area contributed by atoms with Crippen molar-refractivity contribution in [3.8, 4) is 5.75 Å². The van der Waals surface area contributed by atoms with Crippen LogP contribution in [-0.4, -0.2) is 28.4 Å². The lowest BCUT2D eigenvalue weighted by Gasteiger charge is -2.12. The number of nitrogens with zero attached hydrogens (tertiary/aromatic N) is 1. The maximum Gasteiger partial charge on any atom is 0.293 e. The molecule has 3 aromatic carbocycles. The summed E-state index contributed by atoms with van der Waals surface area (Å²) < 4.78 is 5.98. The Labute approximate surface area is 201 Å². The Kier molecular flexibility index (Phi) is 6.96. The zero-order valence-corrected chi connectivity index (χ0v) is 19.4. The molecule has 166 valence electrons. The third-order valence-electron chi connectivity index (χ3n) is 5.02. The summed E-state index contributed by atoms with van der Waals surface area (Å²) in [5, 5.41) is 0.0238. The summed E-state index contributed by atoms with van der Waals surface area (Å²) in [5.41, 5.74) is 3.24. The van der Waals surface area contributed by atoms with Gasteiger partial charge in [-0.3, -0.25) is 19.3 Å². The number of ketones is 1. The molecule has 4 rings (SSSR count). The van der Waals surface area contributed by atoms with E-state index in [1.54, 1.807) is 30.3 Å². The van der Waals surface area contributed by atoms with Gasteiger partial charge < -0.3 is 4.74 Å². The van der Waals surface area contributed by atoms with Crippen LogP contribution >= 0.6 is 23.4 Å². The van der Waals surface area contributed by atoms with E-state index in [0.29, 0.717) is 28.5 Å². The lowest BCUT2D eigenvalue weighted by atomic mass is 10.1. The van der Waals surface area contributed by atoms with Gasteiger partial charge in [0, 0.05) is 16.1 Å². The molecular weight excluding hydrogens is 458 g/mol. The molecule has 33 heavy (non-hydrogen) atoms. The number of hydrogen-bond acceptors (Lipinski definition) is 5. The van der Waals surface area contributed by atoms with E-state index in [1.807, 2.05) is 55.5 Å². The average molecular weight is 478 g/mol. The summed E-state index contributed by atoms with van der Waals surface area (Å²) in [6.45, 7) is 2.07. The zero-order chi connectivity index (χ0) is 23.4. The number of rotatable bonds is 7. The molecule has 0 saturated carbocycles. The van der Waals surface area contributed by atoms with E-state index in [9.17, 15) is 14.4 Å². The number of carbonyl (C=O) groups is 3. The highest BCUT2D eigenvalue weighted by Gasteiger charge is 2.36. The highest BCUT2D eigenvalue weighted by atomic mass is 35.5. The second kappa shape index (κ2) is 10.1. The first-order chi connectivity index (χ1) is 15.9. The molecule has 1 heterocycles. The first kappa shape index (κ1) is 22.8. The van der Waals surface area contributed by atoms with Gasteiger partial charge in [0.15, 0.2) is 5.78 Å². The maximum atomic E-state index is 12.9. The molecule has 0 aromatic heterocycles. The highest BCUT2D eigenvalue weighted by Crippen LogP contribution is 2.34. The third-order valence-corrected chi connectivity index (χ3v) is 6.18. The van der Waals surface area contributed by atoms with E-state index < -0.39 is 11.1 Å². The molecule has 0 aliphatic carbocycles. The van der Waals surface area contributed by atoms with Crippen molar-refractivity contribution in [3.05, 3.63) is 105 Å². The van der Waals surface area contributed by atoms with Crippen LogP contribution in [0.15, 0.2) is 77.7 Å². The van der Waals surface area contributed by atoms with Gasteiger partial charge in [-0.15, -0.1) is 0 Å². The molecule has 0 N–H and O–H groups in total. The van der Waals surface area contributed by atoms with Crippen LogP contribution in [0.25, 0.3) is 6.08 Å². The Morgan fingerprint density at radius 3 is 2.55 bits per heavy atom. The van der Waals surface area contributed by atoms with E-state index in [0.717, 1.165) is 27.8 Å². The summed E-state index contributed by atoms with van der Waals surface area (Å²) in [6, 6.07) is 21.7. The highest BCUT2D eigenvalue weighted by molar-refractivity contribution is 8.18. The summed E-state index contributed by atoms with van der Waals surface area (Å²) >= 11 is 6.67. The van der Waals surface area contributed by atoms with Crippen LogP contribution in [0, 0.1) is 6.92 Å². The van der Waals surface area contributed by atoms with Crippen LogP contribution in [0.5, 0.6) is 5.75 Å². The van der Waals surface area contributed by atoms with Gasteiger partial charge in [-0.1, -0.05) is 59.6 Å². The fraction of sp³-hybridized carbons (Fsp3) is 0.115. The molecule has 1 fully saturated rings. The van der Waals surface area contributed by atoms with Crippen molar-refractivity contribution in [2.45, 2.75) is 13.5 Å². The van der Waals surface area contributed by atoms with Crippen molar-refractivity contribution >= 4 is 46.4 Å². The second-order valence-corrected chi connectivity index (χ2v) is 8.94. The Morgan fingerprint density at radius 2 is 1.79 bits per heavy atom. The van der Waals surface area contributed by atoms with Gasteiger partial charge in [0.1, 0.15) is 12.4 Å². The number of halogens is 1. The number of amides is 2. The Balaban J connectivity index is 1.49. The monoisotopic (exact) mass is 477 g/mol. The molecule has 1 aliphatic heterocycles. The minimum atomic E-state index is -0.499. The van der Waals surface area contributed by atoms with Crippen LogP contribution in [0.2, 0.25) is 5.02 Å². The molecule has 0 atom stereocenters. The largest absolute Gasteiger partial charge is 0.488 e. The number of benzene rings is 3. The van der Waals surface area contributed by atoms with Crippen molar-refractivity contribution in [2.75, 3.05) is 6.54 Å². The standard InChI is InChI=1S/C26H20ClNO4S/c1-17-5-4-6-18(13-17)16-32-23-8-3-2-7-20(23)14-24-25(30)28(26(31)33-24)15-22(29)19-9-11-21(27)12-10-19/h2-14H,15-16H2,1H3/b24-14+. The molecule has 3 aromatic rings. The minimum Gasteiger partial charge on any atom is -0.488 e. The van der Waals surface area contributed by atoms with Gasteiger partial charge in [-0.2, -0.15) is 0 Å². The summed E-state index contributed by atoms with van der Waals surface area (Å²) in [4.78, 5) is 39.1. The van der Waals surface area contributed by atoms with E-state index in [4.69, 9.17) is 16.3 Å². The van der Waals surface area contributed by atoms with Crippen LogP contribution in [-0.2, 0) is 11.4 Å². The number of ether oxygens (including phenoxy) is 1. The molecule has 2 amide bonds. The molecule has 1 saturated heterocycles. The summed E-state index contributed by atoms with van der Waals surface area (Å²) in [5.74, 6) is -0.235. The van der Waals surface area contributed by atoms with Crippen molar-refractivity contribution < 1.29 is 19.1 Å². The third kappa shape index (κ3) is 5.53. The lowest BCUT2D eigenvalue weighted by Crippen LogP contribution is -2.33. The molecule has 1 aliphatic rings. The molecule has 5 nitrogen and oxygen atoms in total. The first-order valence-corrected chi connectivity index (χ1v) is 11.4. The van der Waals surface area contributed by atoms with Gasteiger partial charge in [0.2, 0.25) is 0 Å². The number of para-hydroxylation sites is 1. The fourth-order valence-corrected chi connectivity index (χ4v) is 4.30. The molecule has 0 bridgehead atoms. The Hall–Kier alpha value is -3.35. The minimum absolute atomic E-state index is 0.246. The van der Waals surface area contributed by atoms with Crippen molar-refractivity contribution in [1.82, 2.24) is 4.90 Å². The predicted octanol–water partition coefficient (Wildman–Crippen LogP) is 6.15. The van der Waals surface area contributed by atoms with Crippen molar-refractivity contribution in [3.63, 3.8) is 0 Å². The molecule has 0 unspecified atom stereocenters. The van der Waals surface area contributed by atoms with E-state index >= 15 is 0 Å². The average Bonchev–Trinajstić information content (AvgIpc) is 3.06. The number of thioether (sulfide) groups is 1. The Morgan fingerprint density at radius 1 is 1.03 bits per heavy atom. The first-order valence-electron chi connectivity index (χ1n) is 10.2. The van der Waals surface area contributed by atoms with Gasteiger partial charge >= 0.3 is 0 Å². The van der Waals surface area contributed by atoms with Gasteiger partial charge in [0.05, 0.1) is 11.4 Å². The van der Waals surface area contributed by atoms with Crippen LogP contribution in [0.1, 0.15) is 27.0 Å². The second-order valence-electron chi connectivity index (χ2n) is 7.51. The summed E-state index contributed by atoms with van der Waals surface area (Å²) in [6.07, 6.45) is 1.63. The maximum absolute atomic E-state index is 12.9. The van der Waals surface area contributed by atoms with Gasteiger partial charge in [0.25, 0.3) is 11.1 Å². The van der Waals surface area contributed by atoms with Crippen molar-refractivity contribution in [1.29, 1.82) is 0 Å². The smallest absolute Gasteiger partial charge is 0.293 e. The lowest BCUT2D eigenvalue weighted by molar-refractivity contribution is -0.122. The fourth-order valence-electron chi connectivity index (χ4n) is 3.34. The number of hydrogen-bond donors (Lipinski definition) is 0. The SMILES string of the molecule is Cc1cccc(COc2ccccc2/C=C2/SC(=O)N(CC(=O)c3ccc(Cl)cc3)C2=O)c1. The van der Waals surface area contributed by atoms with E-state index in [1.165, 1.54) is 0 Å². The topological polar surface area (TPSA) is 63.7 Å². The number of imide groups is 1. The van der Waals surface area contributed by atoms with E-state index in [-0.39, 0.29) is 17.2 Å². The zero-order valence-electron chi connectivity index (χ0n) is 17.8. The molecule has 0 radical (unpaired) electrons. The quantitative estimate of drug-likeness (QED) is 0.302. The van der Waals surface area contributed by atoms with E-state index in [2.05, 4.69) is 0 Å². The molecular formula is C26H20ClNO4S. The van der Waals surface area contributed by atoms with Gasteiger partial charge in [-0.25, -0.2) is 0 Å². The van der Waals surface area contributed by atoms with Crippen LogP contribution in [0.3, 0.4) is 0 Å². The number of Topliss-reactive ketones (excluding diaryl/α,β-unsaturated/α-hetero) is 1. The van der Waals surface area contributed by atoms with Crippen LogP contribution in [0.4, 0.5) is 4.79 Å². The molecule has 0 spiro atoms. The number of carbonyl (C=O) groups excluding carboxylic acids is 3. The van der Waals surface area contributed by atoms with Gasteiger partial charge in [-0.05, 0) is 60.7 Å². The molecule has 7 heteroatoms. The summed E-state index contributed by atoms with van der Waals surface area (Å²) in [7, 11) is 0. The Bertz CT molecular complexity index is 1250. The normalized spacial score (nSPS) is 14.7. The number of aryl methyl sites for hydroxylation is 1. The van der Waals surface area contributed by atoms with Crippen LogP contribution < -0.4 is 4.74 Å². The van der Waals surface area contributed by atoms with Crippen molar-refractivity contribution in [2.24, 2.45) is 0 Å².